The second-order valence-corrected chi connectivity index (χ2v) is 53.2. The van der Waals surface area contributed by atoms with Crippen molar-refractivity contribution in [2.75, 3.05) is 58.2 Å². The van der Waals surface area contributed by atoms with Crippen molar-refractivity contribution < 1.29 is 131 Å². The molecule has 0 aliphatic carbocycles. The lowest BCUT2D eigenvalue weighted by molar-refractivity contribution is -0.0579. The smallest absolute Gasteiger partial charge is 0.330 e. The van der Waals surface area contributed by atoms with E-state index in [1.807, 2.05) is 0 Å². The number of aromatic nitrogens is 18. The van der Waals surface area contributed by atoms with Crippen molar-refractivity contribution in [1.29, 1.82) is 0 Å². The maximum Gasteiger partial charge on any atom is 0.330 e. The molecule has 0 spiro atoms. The average molecular weight is 2280 g/mol. The summed E-state index contributed by atoms with van der Waals surface area (Å²) in [6.45, 7) is -27.6. The summed E-state index contributed by atoms with van der Waals surface area (Å²) in [7, 11) is 1.09. The summed E-state index contributed by atoms with van der Waals surface area (Å²) < 4.78 is 135. The zero-order valence-corrected chi connectivity index (χ0v) is 87.2. The summed E-state index contributed by atoms with van der Waals surface area (Å²) in [6.07, 6.45) is -18.0. The van der Waals surface area contributed by atoms with Gasteiger partial charge in [0, 0.05) is 111 Å². The third-order valence-electron chi connectivity index (χ3n) is 23.6. The average Bonchev–Trinajstić information content (AvgIpc) is 1.63. The second kappa shape index (κ2) is 43.8. The molecule has 143 heavy (non-hydrogen) atoms. The number of nitrogen functional groups attached to an aromatic ring is 2. The minimum atomic E-state index is -4.79. The fraction of sp³-hybridized carbons (Fsp3) is 0.577. The van der Waals surface area contributed by atoms with Crippen LogP contribution < -0.4 is 67.7 Å². The Hall–Kier alpha value is -6.47. The molecule has 16 heterocycles. The Bertz CT molecular complexity index is 7380. The molecule has 58 nitrogen and oxygen atoms in total. The van der Waals surface area contributed by atoms with Crippen LogP contribution in [0.25, 0.3) is 22.3 Å². The number of aryl methyl sites for hydroxylation is 5. The number of nitrogens with two attached hydrogens (primary N) is 2. The first kappa shape index (κ1) is 109. The lowest BCUT2D eigenvalue weighted by Gasteiger charge is -2.29. The summed E-state index contributed by atoms with van der Waals surface area (Å²) in [5.74, 6) is 0.117. The summed E-state index contributed by atoms with van der Waals surface area (Å²) in [4.78, 5) is 249. The Labute approximate surface area is 837 Å². The topological polar surface area (TPSA) is 749 Å². The molecular formula is C71H93N20O38P7S7. The zero-order valence-electron chi connectivity index (χ0n) is 75.3. The third-order valence-corrected chi connectivity index (χ3v) is 34.8. The van der Waals surface area contributed by atoms with Crippen LogP contribution >= 0.6 is 47.0 Å². The van der Waals surface area contributed by atoms with Gasteiger partial charge in [-0.25, -0.2) is 53.9 Å². The highest BCUT2D eigenvalue weighted by Gasteiger charge is 2.52. The summed E-state index contributed by atoms with van der Waals surface area (Å²) in [5, 5.41) is 0. The van der Waals surface area contributed by atoms with E-state index in [9.17, 15) is 82.2 Å². The molecule has 16 N–H and O–H groups in total. The number of H-pyrrole nitrogens is 5. The molecular weight excluding hydrogens is 2180 g/mol. The number of hydrogen-bond acceptors (Lipinski definition) is 46. The largest absolute Gasteiger partial charge is 0.382 e. The molecule has 7 aliphatic heterocycles. The Morgan fingerprint density at radius 2 is 0.524 bits per heavy atom. The van der Waals surface area contributed by atoms with Gasteiger partial charge in [-0.3, -0.25) is 80.9 Å². The lowest BCUT2D eigenvalue weighted by atomic mass is 10.2. The first-order chi connectivity index (χ1) is 67.2. The Balaban J connectivity index is 0.604. The van der Waals surface area contributed by atoms with E-state index in [0.29, 0.717) is 11.2 Å². The van der Waals surface area contributed by atoms with Gasteiger partial charge in [0.2, 0.25) is 0 Å². The van der Waals surface area contributed by atoms with Gasteiger partial charge in [0.1, 0.15) is 104 Å². The maximum atomic E-state index is 13.6. The minimum Gasteiger partial charge on any atom is -0.382 e. The molecule has 72 heteroatoms. The standard InChI is InChI=1S/C71H93N20O38P7S7/c1-30-15-85(67(97)80-62(30)92)49-9-37(124-130(102,137)109-7)43(117-49)20-111-132(104,139)126-39-11-51(87-17-32(3)64(94)82-69(87)99)119-45(39)22-112-133(105,140)127-40-12-52(88-18-33(4)65(95)83-70(88)100)120-46(40)23-113-134(106,141)128-41-13-53(89-19-34(5)66(96)84-71(89)101)121-47(41)24-114-136(108,143)129-42-14-55(91-29-79-57-59(73)75-27-77-61(57)91)122-48(42)25-115-135(107,142)125-38-10-50(86-16-31(2)63(93)81-68(86)98)118-44(38)21-110-131(103,138)123-36-8-54(116-35(36)6)90-28-78-56-58(72)74-26-76-60(56)90/h15-19,26-29,35-55H,8-14,20-25H2,1-7H3,(H,102,137)(H,103,138)(H,104,139)(H,105,140)(H,106,141)(H,107,142)(H,108,143)(H2,72,74,76)(H2,73,75,77)(H,80,92,97)(H,81,93,98)(H,82,94,99)(H,83,95,100)(H,84,96,101)/t35-,36?,37?,38?,39?,40?,41?,42?,43-,44-,45-,46-,47-,48-,49-,50-,51-,52-,53-,54-,55-,130?,131?,132?,133?,134?,135?,136?/m1/s1. The van der Waals surface area contributed by atoms with E-state index in [2.05, 4.69) is 54.8 Å². The van der Waals surface area contributed by atoms with Crippen molar-refractivity contribution in [3.8, 4) is 0 Å². The number of hydrogen-bond donors (Lipinski definition) is 14. The normalized spacial score (nSPS) is 29.8. The molecule has 9 aromatic heterocycles. The van der Waals surface area contributed by atoms with Gasteiger partial charge in [-0.05, 0) is 124 Å². The quantitative estimate of drug-likeness (QED) is 0.0227. The van der Waals surface area contributed by atoms with E-state index in [-0.39, 0.29) is 82.7 Å². The molecule has 28 atom stereocenters. The predicted octanol–water partition coefficient (Wildman–Crippen LogP) is 0.116. The number of fused-ring (bicyclic) bond motifs is 2. The molecule has 0 saturated carbocycles. The van der Waals surface area contributed by atoms with Crippen molar-refractivity contribution in [2.24, 2.45) is 0 Å². The number of anilines is 2. The first-order valence-electron chi connectivity index (χ1n) is 42.8. The fourth-order valence-electron chi connectivity index (χ4n) is 16.5. The van der Waals surface area contributed by atoms with E-state index in [1.165, 1.54) is 76.8 Å². The highest BCUT2D eigenvalue weighted by Crippen LogP contribution is 2.59. The third kappa shape index (κ3) is 25.9. The van der Waals surface area contributed by atoms with Crippen molar-refractivity contribution in [1.82, 2.24) is 86.8 Å². The molecule has 7 aliphatic rings. The fourth-order valence-corrected chi connectivity index (χ4v) is 26.3. The van der Waals surface area contributed by atoms with Crippen LogP contribution in [0.4, 0.5) is 11.6 Å². The van der Waals surface area contributed by atoms with E-state index in [0.717, 1.165) is 48.7 Å². The number of aromatic amines is 5. The number of nitrogens with one attached hydrogen (secondary N) is 5. The molecule has 0 radical (unpaired) electrons. The molecule has 782 valence electrons. The van der Waals surface area contributed by atoms with Gasteiger partial charge in [0.15, 0.2) is 22.9 Å². The van der Waals surface area contributed by atoms with Crippen molar-refractivity contribution in [3.05, 3.63) is 188 Å². The van der Waals surface area contributed by atoms with Crippen LogP contribution in [0, 0.1) is 34.6 Å². The van der Waals surface area contributed by atoms with Crippen LogP contribution in [0.15, 0.2) is 104 Å². The molecule has 9 aromatic rings. The summed E-state index contributed by atoms with van der Waals surface area (Å²) >= 11 is 38.7. The number of imidazole rings is 2. The Morgan fingerprint density at radius 1 is 0.322 bits per heavy atom. The maximum absolute atomic E-state index is 13.6. The van der Waals surface area contributed by atoms with Gasteiger partial charge in [-0.15, -0.1) is 0 Å². The Morgan fingerprint density at radius 3 is 0.755 bits per heavy atom. The van der Waals surface area contributed by atoms with E-state index in [4.69, 9.17) is 191 Å². The molecule has 7 fully saturated rings. The number of nitrogens with zero attached hydrogens (tertiary/aromatic N) is 13. The minimum absolute atomic E-state index is 0.0162. The van der Waals surface area contributed by atoms with Gasteiger partial charge in [-0.1, -0.05) is 0 Å². The van der Waals surface area contributed by atoms with Crippen molar-refractivity contribution in [3.63, 3.8) is 0 Å². The van der Waals surface area contributed by atoms with Crippen LogP contribution in [0.1, 0.15) is 123 Å². The molecule has 0 amide bonds. The van der Waals surface area contributed by atoms with Crippen LogP contribution in [-0.2, 0) is 179 Å². The van der Waals surface area contributed by atoms with Crippen molar-refractivity contribution in [2.45, 2.75) is 216 Å². The SMILES string of the molecule is COP(O)(=S)OC1C[C@H](n2cc(C)c(=O)[nH]c2=O)O[C@@H]1COP(O)(=S)OC1C[C@H](n2cc(C)c(=O)[nH]c2=O)O[C@@H]1COP(O)(=S)OC1C[C@H](n2cc(C)c(=O)[nH]c2=O)O[C@@H]1COP(O)(=S)OC1C[C@H](n2cc(C)c(=O)[nH]c2=O)O[C@@H]1COP(O)(=S)OC1C[C@H](n2cnc3c(N)ncnc32)O[C@@H]1COP(O)(=S)OC1C[C@H](n2cc(C)c(=O)[nH]c2=O)O[C@@H]1COP(O)(=S)OC1C[C@H](n2cnc3c(N)ncnc32)O[C@@H]1C. The highest BCUT2D eigenvalue weighted by molar-refractivity contribution is 8.09. The van der Waals surface area contributed by atoms with E-state index >= 15 is 0 Å². The van der Waals surface area contributed by atoms with E-state index in [1.54, 1.807) is 11.5 Å². The number of rotatable bonds is 40. The van der Waals surface area contributed by atoms with Gasteiger partial charge in [0.25, 0.3) is 27.8 Å². The van der Waals surface area contributed by atoms with Crippen molar-refractivity contribution >= 4 is 164 Å². The summed E-state index contributed by atoms with van der Waals surface area (Å²) in [5.41, 5.74) is 5.19. The highest BCUT2D eigenvalue weighted by atomic mass is 32.5. The molecule has 7 saturated heterocycles. The number of ether oxygens (including phenoxy) is 7. The molecule has 0 bridgehead atoms. The van der Waals surface area contributed by atoms with Gasteiger partial charge in [-0.2, -0.15) is 0 Å². The molecule has 16 rings (SSSR count). The monoisotopic (exact) mass is 2270 g/mol. The Kier molecular flexibility index (Phi) is 33.5. The van der Waals surface area contributed by atoms with Gasteiger partial charge < -0.3 is 142 Å². The molecule has 0 aromatic carbocycles. The predicted molar refractivity (Wildman–Crippen MR) is 517 cm³/mol. The van der Waals surface area contributed by atoms with Crippen LogP contribution in [0.3, 0.4) is 0 Å². The summed E-state index contributed by atoms with van der Waals surface area (Å²) in [6, 6.07) is 0. The van der Waals surface area contributed by atoms with Crippen LogP contribution in [0.5, 0.6) is 0 Å². The van der Waals surface area contributed by atoms with E-state index < -0.39 is 285 Å². The van der Waals surface area contributed by atoms with Gasteiger partial charge >= 0.3 is 75.5 Å². The first-order valence-corrected chi connectivity index (χ1v) is 60.9. The molecule has 14 unspecified atom stereocenters. The lowest BCUT2D eigenvalue weighted by Crippen LogP contribution is -2.33. The second-order valence-electron chi connectivity index (χ2n) is 33.5. The van der Waals surface area contributed by atoms with Crippen LogP contribution in [-0.4, -0.2) is 253 Å². The zero-order chi connectivity index (χ0) is 103. The van der Waals surface area contributed by atoms with Gasteiger partial charge in [0.05, 0.1) is 101 Å². The van der Waals surface area contributed by atoms with Crippen LogP contribution in [0.2, 0.25) is 0 Å².